The number of benzene rings is 8. The van der Waals surface area contributed by atoms with Gasteiger partial charge in [-0.2, -0.15) is 0 Å². The minimum Gasteiger partial charge on any atom is -0.313 e. The van der Waals surface area contributed by atoms with Crippen molar-refractivity contribution in [3.05, 3.63) is 222 Å². The summed E-state index contributed by atoms with van der Waals surface area (Å²) in [5, 5.41) is 4.96. The summed E-state index contributed by atoms with van der Waals surface area (Å²) in [4.78, 5) is 2.50. The van der Waals surface area contributed by atoms with E-state index in [9.17, 15) is 0 Å². The van der Waals surface area contributed by atoms with Gasteiger partial charge in [-0.1, -0.05) is 154 Å². The second-order valence-electron chi connectivity index (χ2n) is 16.6. The molecule has 11 rings (SSSR count). The van der Waals surface area contributed by atoms with Gasteiger partial charge in [0.15, 0.2) is 0 Å². The van der Waals surface area contributed by atoms with Crippen LogP contribution in [0.5, 0.6) is 0 Å². The summed E-state index contributed by atoms with van der Waals surface area (Å²) in [6.45, 7) is 11.2. The van der Waals surface area contributed by atoms with Gasteiger partial charge in [0.25, 0.3) is 0 Å². The highest BCUT2D eigenvalue weighted by Gasteiger charge is 2.37. The lowest BCUT2D eigenvalue weighted by molar-refractivity contribution is 0.660. The van der Waals surface area contributed by atoms with Crippen molar-refractivity contribution in [2.45, 2.75) is 26.2 Å². The SMILES string of the molecule is C=C/C=c1/sc2ccc(-c3ccc4c(c3)c3ccccc3n4-c3ccccc3)cc2/c1=C(/C)N(c1ccc(-c2ccccc2)cc1)c1cccc2c1-c1ccccc1C2(C)C. The van der Waals surface area contributed by atoms with Crippen molar-refractivity contribution in [3.63, 3.8) is 0 Å². The molecule has 1 aliphatic rings. The molecule has 0 aliphatic heterocycles. The second kappa shape index (κ2) is 14.5. The van der Waals surface area contributed by atoms with E-state index in [1.807, 2.05) is 17.4 Å². The summed E-state index contributed by atoms with van der Waals surface area (Å²) in [7, 11) is 0. The highest BCUT2D eigenvalue weighted by Crippen LogP contribution is 2.53. The molecule has 1 aliphatic carbocycles. The summed E-state index contributed by atoms with van der Waals surface area (Å²) in [5.74, 6) is 0. The van der Waals surface area contributed by atoms with Crippen LogP contribution in [0, 0.1) is 0 Å². The Morgan fingerprint density at radius 3 is 1.98 bits per heavy atom. The molecule has 0 saturated heterocycles. The van der Waals surface area contributed by atoms with Gasteiger partial charge in [0.05, 0.1) is 16.7 Å². The Labute approximate surface area is 360 Å². The number of fused-ring (bicyclic) bond motifs is 7. The zero-order valence-electron chi connectivity index (χ0n) is 34.6. The topological polar surface area (TPSA) is 8.17 Å². The summed E-state index contributed by atoms with van der Waals surface area (Å²) in [6.07, 6.45) is 4.11. The Morgan fingerprint density at radius 2 is 1.20 bits per heavy atom. The number of para-hydroxylation sites is 2. The molecule has 10 aromatic rings. The number of anilines is 2. The Balaban J connectivity index is 1.15. The van der Waals surface area contributed by atoms with E-state index < -0.39 is 0 Å². The highest BCUT2D eigenvalue weighted by molar-refractivity contribution is 7.17. The van der Waals surface area contributed by atoms with Gasteiger partial charge in [-0.3, -0.25) is 0 Å². The van der Waals surface area contributed by atoms with Crippen LogP contribution < -0.4 is 14.7 Å². The van der Waals surface area contributed by atoms with Crippen molar-refractivity contribution in [2.75, 3.05) is 4.90 Å². The average Bonchev–Trinajstić information content (AvgIpc) is 3.92. The molecule has 8 aromatic carbocycles. The van der Waals surface area contributed by atoms with Crippen LogP contribution in [0.4, 0.5) is 11.4 Å². The first-order chi connectivity index (χ1) is 29.9. The lowest BCUT2D eigenvalue weighted by atomic mass is 9.82. The minimum absolute atomic E-state index is 0.126. The second-order valence-corrected chi connectivity index (χ2v) is 17.7. The molecule has 61 heavy (non-hydrogen) atoms. The molecule has 0 saturated carbocycles. The zero-order chi connectivity index (χ0) is 41.2. The number of aromatic nitrogens is 1. The maximum absolute atomic E-state index is 4.18. The molecule has 3 heteroatoms. The van der Waals surface area contributed by atoms with Gasteiger partial charge in [-0.05, 0) is 113 Å². The van der Waals surface area contributed by atoms with Gasteiger partial charge in [0.2, 0.25) is 0 Å². The van der Waals surface area contributed by atoms with Crippen LogP contribution in [0.15, 0.2) is 201 Å². The first-order valence-electron chi connectivity index (χ1n) is 21.0. The Bertz CT molecular complexity index is 3460. The van der Waals surface area contributed by atoms with Crippen molar-refractivity contribution in [1.29, 1.82) is 0 Å². The predicted molar refractivity (Wildman–Crippen MR) is 263 cm³/mol. The van der Waals surface area contributed by atoms with E-state index in [1.54, 1.807) is 0 Å². The third-order valence-electron chi connectivity index (χ3n) is 12.8. The van der Waals surface area contributed by atoms with Gasteiger partial charge in [0, 0.05) is 58.7 Å². The first kappa shape index (κ1) is 36.8. The summed E-state index contributed by atoms with van der Waals surface area (Å²) in [6, 6.07) is 69.0. The fourth-order valence-electron chi connectivity index (χ4n) is 9.88. The molecule has 0 fully saturated rings. The van der Waals surface area contributed by atoms with Crippen molar-refractivity contribution in [2.24, 2.45) is 0 Å². The van der Waals surface area contributed by atoms with Gasteiger partial charge in [-0.25, -0.2) is 0 Å². The Kier molecular flexibility index (Phi) is 8.77. The molecule has 2 heterocycles. The molecular weight excluding hydrogens is 757 g/mol. The quantitative estimate of drug-likeness (QED) is 0.156. The maximum atomic E-state index is 4.18. The van der Waals surface area contributed by atoms with Crippen molar-refractivity contribution >= 4 is 66.4 Å². The fourth-order valence-corrected chi connectivity index (χ4v) is 11.0. The zero-order valence-corrected chi connectivity index (χ0v) is 35.4. The number of rotatable bonds is 7. The molecule has 0 atom stereocenters. The third-order valence-corrected chi connectivity index (χ3v) is 13.9. The maximum Gasteiger partial charge on any atom is 0.0541 e. The van der Waals surface area contributed by atoms with Crippen LogP contribution in [0.2, 0.25) is 0 Å². The van der Waals surface area contributed by atoms with Crippen molar-refractivity contribution in [1.82, 2.24) is 4.57 Å². The number of allylic oxidation sites excluding steroid dienone is 1. The number of thiophene rings is 1. The number of hydrogen-bond acceptors (Lipinski definition) is 2. The average molecular weight is 801 g/mol. The lowest BCUT2D eigenvalue weighted by Gasteiger charge is -2.29. The largest absolute Gasteiger partial charge is 0.313 e. The predicted octanol–water partition coefficient (Wildman–Crippen LogP) is 14.6. The van der Waals surface area contributed by atoms with Gasteiger partial charge in [0.1, 0.15) is 0 Å². The summed E-state index contributed by atoms with van der Waals surface area (Å²) in [5.41, 5.74) is 17.0. The smallest absolute Gasteiger partial charge is 0.0541 e. The molecule has 0 radical (unpaired) electrons. The lowest BCUT2D eigenvalue weighted by Crippen LogP contribution is -2.29. The molecular formula is C58H44N2S. The van der Waals surface area contributed by atoms with Crippen LogP contribution in [0.3, 0.4) is 0 Å². The number of nitrogens with zero attached hydrogens (tertiary/aromatic N) is 2. The molecule has 0 spiro atoms. The fraction of sp³-hybridized carbons (Fsp3) is 0.0690. The minimum atomic E-state index is -0.126. The van der Waals surface area contributed by atoms with Crippen LogP contribution in [0.25, 0.3) is 82.7 Å². The summed E-state index contributed by atoms with van der Waals surface area (Å²) < 4.78 is 4.82. The van der Waals surface area contributed by atoms with Crippen LogP contribution in [-0.4, -0.2) is 4.57 Å². The van der Waals surface area contributed by atoms with Crippen LogP contribution in [0.1, 0.15) is 31.9 Å². The van der Waals surface area contributed by atoms with E-state index in [2.05, 4.69) is 231 Å². The van der Waals surface area contributed by atoms with E-state index in [0.717, 1.165) is 11.4 Å². The van der Waals surface area contributed by atoms with Gasteiger partial charge >= 0.3 is 0 Å². The van der Waals surface area contributed by atoms with Crippen molar-refractivity contribution < 1.29 is 0 Å². The highest BCUT2D eigenvalue weighted by atomic mass is 32.1. The monoisotopic (exact) mass is 800 g/mol. The summed E-state index contributed by atoms with van der Waals surface area (Å²) >= 11 is 1.83. The van der Waals surface area contributed by atoms with E-state index in [0.29, 0.717) is 0 Å². The molecule has 2 aromatic heterocycles. The normalized spacial score (nSPS) is 13.7. The van der Waals surface area contributed by atoms with E-state index in [1.165, 1.54) is 97.5 Å². The van der Waals surface area contributed by atoms with Crippen molar-refractivity contribution in [3.8, 4) is 39.1 Å². The number of hydrogen-bond donors (Lipinski definition) is 0. The Hall–Kier alpha value is -7.20. The van der Waals surface area contributed by atoms with E-state index in [4.69, 9.17) is 0 Å². The van der Waals surface area contributed by atoms with Gasteiger partial charge < -0.3 is 9.47 Å². The van der Waals surface area contributed by atoms with E-state index >= 15 is 0 Å². The van der Waals surface area contributed by atoms with Crippen LogP contribution >= 0.6 is 11.3 Å². The van der Waals surface area contributed by atoms with Crippen LogP contribution in [-0.2, 0) is 5.41 Å². The molecule has 2 nitrogen and oxygen atoms in total. The Morgan fingerprint density at radius 1 is 0.574 bits per heavy atom. The molecule has 0 amide bonds. The molecule has 0 bridgehead atoms. The van der Waals surface area contributed by atoms with Gasteiger partial charge in [-0.15, -0.1) is 11.3 Å². The molecule has 0 unspecified atom stereocenters. The molecule has 292 valence electrons. The first-order valence-corrected chi connectivity index (χ1v) is 21.9. The third kappa shape index (κ3) is 5.91. The van der Waals surface area contributed by atoms with E-state index in [-0.39, 0.29) is 5.41 Å². The standard InChI is InChI=1S/C58H44N2S/c1-5-17-55-56(48-37-42(31-35-54(48)61-55)41-30-34-52-47(36-41)45-22-13-15-26-51(45)60(52)43-20-10-7-11-21-43)38(2)59(44-32-28-40(29-33-44)39-18-8-6-9-19-39)53-27-16-25-50-57(53)46-23-12-14-24-49(46)58(50,3)4/h5-37H,1H2,2-4H3/b55-17+,56-38+. The molecule has 0 N–H and O–H groups in total.